The van der Waals surface area contributed by atoms with Crippen LogP contribution in [0.3, 0.4) is 0 Å². The second-order valence-corrected chi connectivity index (χ2v) is 5.64. The molecule has 1 aliphatic rings. The largest absolute Gasteiger partial charge is 0.452 e. The molecule has 0 saturated carbocycles. The maximum absolute atomic E-state index is 12.4. The Morgan fingerprint density at radius 2 is 1.87 bits per heavy atom. The fourth-order valence-electron chi connectivity index (χ4n) is 2.18. The van der Waals surface area contributed by atoms with Crippen molar-refractivity contribution in [3.8, 4) is 11.5 Å². The molecule has 0 amide bonds. The Balaban J connectivity index is 1.97. The Morgan fingerprint density at radius 1 is 1.17 bits per heavy atom. The average molecular weight is 349 g/mol. The van der Waals surface area contributed by atoms with Gasteiger partial charge in [-0.3, -0.25) is 9.59 Å². The van der Waals surface area contributed by atoms with Gasteiger partial charge >= 0.3 is 5.97 Å². The van der Waals surface area contributed by atoms with Crippen LogP contribution in [0.5, 0.6) is 11.5 Å². The predicted molar refractivity (Wildman–Crippen MR) is 87.1 cm³/mol. The number of carbonyl (C=O) groups is 2. The Labute approximate surface area is 142 Å². The first-order valence-corrected chi connectivity index (χ1v) is 7.42. The van der Waals surface area contributed by atoms with Crippen molar-refractivity contribution in [2.24, 2.45) is 0 Å². The van der Waals surface area contributed by atoms with Crippen LogP contribution in [-0.4, -0.2) is 11.8 Å². The SMILES string of the molecule is CC(=O)Oc1ccc2c(c1)O/C(=C\c1c(Cl)cccc1Cl)C2=O. The number of Topliss-reactive ketones (excluding diaryl/α,β-unsaturated/α-hetero) is 1. The first-order chi connectivity index (χ1) is 11.0. The van der Waals surface area contributed by atoms with Crippen LogP contribution in [0, 0.1) is 0 Å². The number of halogens is 2. The summed E-state index contributed by atoms with van der Waals surface area (Å²) >= 11 is 12.2. The lowest BCUT2D eigenvalue weighted by molar-refractivity contribution is -0.131. The quantitative estimate of drug-likeness (QED) is 0.454. The zero-order chi connectivity index (χ0) is 16.6. The number of fused-ring (bicyclic) bond motifs is 1. The number of allylic oxidation sites excluding steroid dienone is 1. The standard InChI is InChI=1S/C17H10Cl2O4/c1-9(20)22-10-5-6-11-15(7-10)23-16(17(11)21)8-12-13(18)3-2-4-14(12)19/h2-8H,1H3/b16-8-. The lowest BCUT2D eigenvalue weighted by Crippen LogP contribution is -2.01. The van der Waals surface area contributed by atoms with Crippen molar-refractivity contribution < 1.29 is 19.1 Å². The summed E-state index contributed by atoms with van der Waals surface area (Å²) < 4.78 is 10.5. The summed E-state index contributed by atoms with van der Waals surface area (Å²) in [7, 11) is 0. The van der Waals surface area contributed by atoms with E-state index in [9.17, 15) is 9.59 Å². The highest BCUT2D eigenvalue weighted by Crippen LogP contribution is 2.36. The Bertz CT molecular complexity index is 835. The molecule has 116 valence electrons. The van der Waals surface area contributed by atoms with Gasteiger partial charge in [-0.05, 0) is 30.3 Å². The zero-order valence-electron chi connectivity index (χ0n) is 11.9. The second kappa shape index (κ2) is 6.07. The van der Waals surface area contributed by atoms with Crippen molar-refractivity contribution in [3.05, 3.63) is 63.3 Å². The van der Waals surface area contributed by atoms with Gasteiger partial charge in [-0.2, -0.15) is 0 Å². The van der Waals surface area contributed by atoms with Gasteiger partial charge in [0, 0.05) is 28.6 Å². The van der Waals surface area contributed by atoms with Crippen molar-refractivity contribution in [3.63, 3.8) is 0 Å². The molecular weight excluding hydrogens is 339 g/mol. The summed E-state index contributed by atoms with van der Waals surface area (Å²) in [6.07, 6.45) is 1.50. The Kier molecular flexibility index (Phi) is 4.11. The maximum Gasteiger partial charge on any atom is 0.308 e. The monoisotopic (exact) mass is 348 g/mol. The van der Waals surface area contributed by atoms with Gasteiger partial charge < -0.3 is 9.47 Å². The Hall–Kier alpha value is -2.30. The van der Waals surface area contributed by atoms with Gasteiger partial charge in [0.2, 0.25) is 5.78 Å². The molecule has 4 nitrogen and oxygen atoms in total. The van der Waals surface area contributed by atoms with E-state index >= 15 is 0 Å². The van der Waals surface area contributed by atoms with Crippen LogP contribution in [0.25, 0.3) is 6.08 Å². The van der Waals surface area contributed by atoms with E-state index in [0.29, 0.717) is 32.7 Å². The van der Waals surface area contributed by atoms with Gasteiger partial charge in [-0.25, -0.2) is 0 Å². The molecule has 0 unspecified atom stereocenters. The predicted octanol–water partition coefficient (Wildman–Crippen LogP) is 4.53. The normalized spacial score (nSPS) is 14.6. The number of rotatable bonds is 2. The van der Waals surface area contributed by atoms with E-state index in [2.05, 4.69) is 0 Å². The minimum Gasteiger partial charge on any atom is -0.452 e. The van der Waals surface area contributed by atoms with Gasteiger partial charge in [-0.15, -0.1) is 0 Å². The van der Waals surface area contributed by atoms with E-state index < -0.39 is 5.97 Å². The van der Waals surface area contributed by atoms with E-state index in [-0.39, 0.29) is 11.5 Å². The van der Waals surface area contributed by atoms with Crippen molar-refractivity contribution in [1.82, 2.24) is 0 Å². The summed E-state index contributed by atoms with van der Waals surface area (Å²) in [5.41, 5.74) is 0.891. The summed E-state index contributed by atoms with van der Waals surface area (Å²) in [4.78, 5) is 23.4. The number of esters is 1. The molecular formula is C17H10Cl2O4. The molecule has 0 fully saturated rings. The molecule has 2 aromatic carbocycles. The van der Waals surface area contributed by atoms with Crippen molar-refractivity contribution >= 4 is 41.0 Å². The number of ketones is 1. The van der Waals surface area contributed by atoms with Crippen LogP contribution in [0.15, 0.2) is 42.2 Å². The maximum atomic E-state index is 12.4. The highest BCUT2D eigenvalue weighted by atomic mass is 35.5. The zero-order valence-corrected chi connectivity index (χ0v) is 13.4. The third kappa shape index (κ3) is 3.09. The summed E-state index contributed by atoms with van der Waals surface area (Å²) in [6.45, 7) is 1.30. The van der Waals surface area contributed by atoms with Gasteiger partial charge in [0.1, 0.15) is 11.5 Å². The van der Waals surface area contributed by atoms with E-state index in [0.717, 1.165) is 0 Å². The molecule has 3 rings (SSSR count). The minimum absolute atomic E-state index is 0.106. The average Bonchev–Trinajstić information content (AvgIpc) is 2.78. The van der Waals surface area contributed by atoms with Gasteiger partial charge in [0.25, 0.3) is 0 Å². The molecule has 2 aromatic rings. The van der Waals surface area contributed by atoms with Crippen LogP contribution in [0.2, 0.25) is 10.0 Å². The fraction of sp³-hybridized carbons (Fsp3) is 0.0588. The molecule has 0 N–H and O–H groups in total. The number of ether oxygens (including phenoxy) is 2. The molecule has 0 atom stereocenters. The van der Waals surface area contributed by atoms with Crippen molar-refractivity contribution in [2.75, 3.05) is 0 Å². The summed E-state index contributed by atoms with van der Waals surface area (Å²) in [5.74, 6) is -0.00234. The van der Waals surface area contributed by atoms with Crippen LogP contribution >= 0.6 is 23.2 Å². The smallest absolute Gasteiger partial charge is 0.308 e. The third-order valence-corrected chi connectivity index (χ3v) is 3.84. The van der Waals surface area contributed by atoms with E-state index in [1.54, 1.807) is 24.3 Å². The molecule has 0 saturated heterocycles. The second-order valence-electron chi connectivity index (χ2n) is 4.83. The van der Waals surface area contributed by atoms with Gasteiger partial charge in [0.05, 0.1) is 5.56 Å². The molecule has 23 heavy (non-hydrogen) atoms. The summed E-state index contributed by atoms with van der Waals surface area (Å²) in [6, 6.07) is 9.63. The highest BCUT2D eigenvalue weighted by molar-refractivity contribution is 6.37. The molecule has 6 heteroatoms. The molecule has 0 radical (unpaired) electrons. The van der Waals surface area contributed by atoms with Gasteiger partial charge in [0.15, 0.2) is 5.76 Å². The van der Waals surface area contributed by atoms with E-state index in [1.807, 2.05) is 0 Å². The molecule has 1 aliphatic heterocycles. The first kappa shape index (κ1) is 15.6. The van der Waals surface area contributed by atoms with Crippen LogP contribution in [-0.2, 0) is 4.79 Å². The highest BCUT2D eigenvalue weighted by Gasteiger charge is 2.28. The number of hydrogen-bond donors (Lipinski definition) is 0. The molecule has 0 spiro atoms. The molecule has 1 heterocycles. The lowest BCUT2D eigenvalue weighted by Gasteiger charge is -2.04. The summed E-state index contributed by atoms with van der Waals surface area (Å²) in [5, 5.41) is 0.830. The van der Waals surface area contributed by atoms with Gasteiger partial charge in [-0.1, -0.05) is 29.3 Å². The van der Waals surface area contributed by atoms with Crippen LogP contribution < -0.4 is 9.47 Å². The van der Waals surface area contributed by atoms with Crippen molar-refractivity contribution in [1.29, 1.82) is 0 Å². The number of hydrogen-bond acceptors (Lipinski definition) is 4. The molecule has 0 aromatic heterocycles. The molecule has 0 aliphatic carbocycles. The number of carbonyl (C=O) groups excluding carboxylic acids is 2. The van der Waals surface area contributed by atoms with E-state index in [1.165, 1.54) is 25.1 Å². The first-order valence-electron chi connectivity index (χ1n) is 6.66. The number of benzene rings is 2. The van der Waals surface area contributed by atoms with Crippen molar-refractivity contribution in [2.45, 2.75) is 6.92 Å². The van der Waals surface area contributed by atoms with Crippen LogP contribution in [0.4, 0.5) is 0 Å². The topological polar surface area (TPSA) is 52.6 Å². The lowest BCUT2D eigenvalue weighted by atomic mass is 10.1. The third-order valence-electron chi connectivity index (χ3n) is 3.18. The Morgan fingerprint density at radius 3 is 2.52 bits per heavy atom. The molecule has 0 bridgehead atoms. The van der Waals surface area contributed by atoms with E-state index in [4.69, 9.17) is 32.7 Å². The van der Waals surface area contributed by atoms with Crippen LogP contribution in [0.1, 0.15) is 22.8 Å². The fourth-order valence-corrected chi connectivity index (χ4v) is 2.68. The minimum atomic E-state index is -0.451.